The minimum Gasteiger partial charge on any atom is -0.484 e. The summed E-state index contributed by atoms with van der Waals surface area (Å²) in [4.78, 5) is 17.5. The number of ether oxygens (including phenoxy) is 1. The maximum absolute atomic E-state index is 13.1. The second-order valence-electron chi connectivity index (χ2n) is 6.88. The topological polar surface area (TPSA) is 50.7 Å². The molecule has 0 saturated heterocycles. The molecule has 1 amide bonds. The van der Waals surface area contributed by atoms with Crippen molar-refractivity contribution in [3.63, 3.8) is 0 Å². The molecule has 0 heterocycles. The lowest BCUT2D eigenvalue weighted by atomic mass is 9.98. The Morgan fingerprint density at radius 2 is 1.65 bits per heavy atom. The van der Waals surface area contributed by atoms with Crippen LogP contribution in [0.2, 0.25) is 0 Å². The molecule has 7 heteroatoms. The van der Waals surface area contributed by atoms with Crippen molar-refractivity contribution < 1.29 is 22.7 Å². The maximum atomic E-state index is 13.1. The van der Waals surface area contributed by atoms with Crippen LogP contribution in [-0.2, 0) is 10.9 Å². The molecule has 0 atom stereocenters. The Labute approximate surface area is 178 Å². The summed E-state index contributed by atoms with van der Waals surface area (Å²) in [6.45, 7) is 3.57. The molecule has 0 radical (unpaired) electrons. The lowest BCUT2D eigenvalue weighted by Crippen LogP contribution is -2.13. The highest BCUT2D eigenvalue weighted by Gasteiger charge is 2.30. The Hall–Kier alpha value is -3.61. The molecular weight excluding hydrogens is 405 g/mol. The minimum absolute atomic E-state index is 0.335. The number of rotatable bonds is 4. The van der Waals surface area contributed by atoms with Crippen LogP contribution >= 0.6 is 0 Å². The van der Waals surface area contributed by atoms with E-state index in [1.54, 1.807) is 43.3 Å². The summed E-state index contributed by atoms with van der Waals surface area (Å²) >= 11 is 0. The van der Waals surface area contributed by atoms with Gasteiger partial charge in [-0.2, -0.15) is 13.2 Å². The Balaban J connectivity index is 1.96. The monoisotopic (exact) mass is 426 g/mol. The predicted octanol–water partition coefficient (Wildman–Crippen LogP) is 6.63. The fraction of sp³-hybridized carbons (Fsp3) is 0.167. The minimum atomic E-state index is -4.42. The summed E-state index contributed by atoms with van der Waals surface area (Å²) in [5, 5.41) is 2.86. The Bertz CT molecular complexity index is 1120. The summed E-state index contributed by atoms with van der Waals surface area (Å²) in [5.74, 6) is 0.0440. The van der Waals surface area contributed by atoms with E-state index in [2.05, 4.69) is 10.3 Å². The highest BCUT2D eigenvalue weighted by Crippen LogP contribution is 2.33. The van der Waals surface area contributed by atoms with Gasteiger partial charge in [0.15, 0.2) is 5.90 Å². The third-order valence-corrected chi connectivity index (χ3v) is 4.75. The average molecular weight is 426 g/mol. The van der Waals surface area contributed by atoms with E-state index in [0.717, 1.165) is 17.7 Å². The molecule has 0 spiro atoms. The van der Waals surface area contributed by atoms with E-state index in [1.165, 1.54) is 19.2 Å². The standard InChI is InChI=1S/C24H21F3N2O2/c1-15-7-6-10-21(22(15)28-16(2)31-3)29-23(30)20-9-5-4-8-19(20)17-11-13-18(14-12-17)24(25,26)27/h4-14H,1-3H3,(H,29,30). The summed E-state index contributed by atoms with van der Waals surface area (Å²) < 4.78 is 43.7. The van der Waals surface area contributed by atoms with Gasteiger partial charge in [-0.25, -0.2) is 4.99 Å². The first-order valence-electron chi connectivity index (χ1n) is 9.47. The number of nitrogens with one attached hydrogen (secondary N) is 1. The molecule has 0 aliphatic heterocycles. The van der Waals surface area contributed by atoms with E-state index >= 15 is 0 Å². The number of carbonyl (C=O) groups excluding carboxylic acids is 1. The van der Waals surface area contributed by atoms with Crippen molar-refractivity contribution in [2.45, 2.75) is 20.0 Å². The molecule has 4 nitrogen and oxygen atoms in total. The number of hydrogen-bond donors (Lipinski definition) is 1. The van der Waals surface area contributed by atoms with E-state index in [-0.39, 0.29) is 0 Å². The van der Waals surface area contributed by atoms with Gasteiger partial charge in [-0.15, -0.1) is 0 Å². The number of methoxy groups -OCH3 is 1. The third-order valence-electron chi connectivity index (χ3n) is 4.75. The number of benzene rings is 3. The number of halogens is 3. The van der Waals surface area contributed by atoms with E-state index in [0.29, 0.717) is 34.0 Å². The van der Waals surface area contributed by atoms with Crippen LogP contribution in [-0.4, -0.2) is 18.9 Å². The van der Waals surface area contributed by atoms with Crippen LogP contribution in [0.3, 0.4) is 0 Å². The first-order valence-corrected chi connectivity index (χ1v) is 9.47. The highest BCUT2D eigenvalue weighted by molar-refractivity contribution is 6.10. The number of carbonyl (C=O) groups is 1. The number of hydrogen-bond acceptors (Lipinski definition) is 3. The van der Waals surface area contributed by atoms with E-state index in [9.17, 15) is 18.0 Å². The van der Waals surface area contributed by atoms with Gasteiger partial charge < -0.3 is 10.1 Å². The van der Waals surface area contributed by atoms with E-state index in [1.807, 2.05) is 13.0 Å². The average Bonchev–Trinajstić information content (AvgIpc) is 2.75. The van der Waals surface area contributed by atoms with Gasteiger partial charge in [-0.05, 0) is 47.9 Å². The Morgan fingerprint density at radius 3 is 2.29 bits per heavy atom. The number of para-hydroxylation sites is 1. The van der Waals surface area contributed by atoms with Crippen molar-refractivity contribution in [2.75, 3.05) is 12.4 Å². The molecule has 160 valence electrons. The molecule has 3 rings (SSSR count). The normalized spacial score (nSPS) is 11.9. The van der Waals surface area contributed by atoms with Crippen LogP contribution in [0.5, 0.6) is 0 Å². The van der Waals surface area contributed by atoms with Crippen LogP contribution < -0.4 is 5.32 Å². The Kier molecular flexibility index (Phi) is 6.44. The molecule has 0 aliphatic rings. The fourth-order valence-electron chi connectivity index (χ4n) is 3.07. The lowest BCUT2D eigenvalue weighted by molar-refractivity contribution is -0.137. The summed E-state index contributed by atoms with van der Waals surface area (Å²) in [7, 11) is 1.51. The molecule has 0 saturated carbocycles. The first-order chi connectivity index (χ1) is 14.7. The predicted molar refractivity (Wildman–Crippen MR) is 116 cm³/mol. The molecule has 0 bridgehead atoms. The molecule has 0 aliphatic carbocycles. The number of alkyl halides is 3. The second kappa shape index (κ2) is 9.04. The van der Waals surface area contributed by atoms with Crippen molar-refractivity contribution in [1.29, 1.82) is 0 Å². The van der Waals surface area contributed by atoms with Gasteiger partial charge in [0.1, 0.15) is 0 Å². The first kappa shape index (κ1) is 22.1. The summed E-state index contributed by atoms with van der Waals surface area (Å²) in [5.41, 5.74) is 2.56. The van der Waals surface area contributed by atoms with Gasteiger partial charge in [0, 0.05) is 12.5 Å². The molecule has 1 N–H and O–H groups in total. The van der Waals surface area contributed by atoms with Crippen molar-refractivity contribution >= 4 is 23.2 Å². The van der Waals surface area contributed by atoms with Crippen molar-refractivity contribution in [1.82, 2.24) is 0 Å². The second-order valence-corrected chi connectivity index (χ2v) is 6.88. The largest absolute Gasteiger partial charge is 0.484 e. The van der Waals surface area contributed by atoms with Gasteiger partial charge in [-0.1, -0.05) is 42.5 Å². The van der Waals surface area contributed by atoms with Crippen molar-refractivity contribution in [3.05, 3.63) is 83.4 Å². The molecule has 0 aromatic heterocycles. The van der Waals surface area contributed by atoms with Crippen LogP contribution in [0.1, 0.15) is 28.4 Å². The van der Waals surface area contributed by atoms with Crippen LogP contribution in [0.4, 0.5) is 24.5 Å². The summed E-state index contributed by atoms with van der Waals surface area (Å²) in [6.07, 6.45) is -4.42. The molecule has 0 unspecified atom stereocenters. The zero-order chi connectivity index (χ0) is 22.6. The number of amides is 1. The smallest absolute Gasteiger partial charge is 0.416 e. The SMILES string of the molecule is COC(C)=Nc1c(C)cccc1NC(=O)c1ccccc1-c1ccc(C(F)(F)F)cc1. The molecule has 0 fully saturated rings. The van der Waals surface area contributed by atoms with E-state index < -0.39 is 17.6 Å². The molecule has 3 aromatic carbocycles. The zero-order valence-corrected chi connectivity index (χ0v) is 17.2. The van der Waals surface area contributed by atoms with Gasteiger partial charge in [0.05, 0.1) is 24.0 Å². The molecular formula is C24H21F3N2O2. The lowest BCUT2D eigenvalue weighted by Gasteiger charge is -2.14. The van der Waals surface area contributed by atoms with Gasteiger partial charge >= 0.3 is 6.18 Å². The van der Waals surface area contributed by atoms with E-state index in [4.69, 9.17) is 4.74 Å². The highest BCUT2D eigenvalue weighted by atomic mass is 19.4. The van der Waals surface area contributed by atoms with Gasteiger partial charge in [0.25, 0.3) is 5.91 Å². The van der Waals surface area contributed by atoms with Crippen molar-refractivity contribution in [2.24, 2.45) is 4.99 Å². The van der Waals surface area contributed by atoms with Crippen LogP contribution in [0.25, 0.3) is 11.1 Å². The number of anilines is 1. The van der Waals surface area contributed by atoms with Crippen molar-refractivity contribution in [3.8, 4) is 11.1 Å². The molecule has 31 heavy (non-hydrogen) atoms. The van der Waals surface area contributed by atoms with Gasteiger partial charge in [0.2, 0.25) is 0 Å². The van der Waals surface area contributed by atoms with Crippen LogP contribution in [0.15, 0.2) is 71.7 Å². The molecule has 3 aromatic rings. The number of aryl methyl sites for hydroxylation is 1. The maximum Gasteiger partial charge on any atom is 0.416 e. The summed E-state index contributed by atoms with van der Waals surface area (Å²) in [6, 6.07) is 16.9. The fourth-order valence-corrected chi connectivity index (χ4v) is 3.07. The van der Waals surface area contributed by atoms with Gasteiger partial charge in [-0.3, -0.25) is 4.79 Å². The zero-order valence-electron chi connectivity index (χ0n) is 17.2. The number of aliphatic imine (C=N–C) groups is 1. The Morgan fingerprint density at radius 1 is 0.968 bits per heavy atom. The van der Waals surface area contributed by atoms with Crippen LogP contribution in [0, 0.1) is 6.92 Å². The third kappa shape index (κ3) is 5.12. The quantitative estimate of drug-likeness (QED) is 0.376. The number of nitrogens with zero attached hydrogens (tertiary/aromatic N) is 1.